The van der Waals surface area contributed by atoms with Gasteiger partial charge in [-0.25, -0.2) is 0 Å². The Morgan fingerprint density at radius 1 is 0.711 bits per heavy atom. The molecule has 0 amide bonds. The number of rotatable bonds is 9. The van der Waals surface area contributed by atoms with E-state index in [4.69, 9.17) is 0 Å². The maximum absolute atomic E-state index is 13.4. The first-order valence-corrected chi connectivity index (χ1v) is 13.3. The predicted octanol–water partition coefficient (Wildman–Crippen LogP) is 8.50. The third kappa shape index (κ3) is 5.65. The van der Waals surface area contributed by atoms with Crippen molar-refractivity contribution in [2.24, 2.45) is 5.92 Å². The average molecular weight is 497 g/mol. The molecule has 4 aromatic carbocycles. The molecule has 2 unspecified atom stereocenters. The number of Topliss-reactive ketones (excluding diaryl/α,β-unsaturated/α-hetero) is 2. The lowest BCUT2D eigenvalue weighted by atomic mass is 9.87. The van der Waals surface area contributed by atoms with Crippen molar-refractivity contribution in [1.29, 1.82) is 0 Å². The van der Waals surface area contributed by atoms with E-state index in [0.717, 1.165) is 39.0 Å². The number of hydrogen-bond acceptors (Lipinski definition) is 2. The molecule has 0 saturated heterocycles. The van der Waals surface area contributed by atoms with Crippen LogP contribution in [0.15, 0.2) is 127 Å². The lowest BCUT2D eigenvalue weighted by Gasteiger charge is -2.16. The number of benzene rings is 4. The third-order valence-corrected chi connectivity index (χ3v) is 7.49. The van der Waals surface area contributed by atoms with Crippen LogP contribution in [0.2, 0.25) is 0 Å². The van der Waals surface area contributed by atoms with Crippen LogP contribution < -0.4 is 0 Å². The molecule has 0 bridgehead atoms. The summed E-state index contributed by atoms with van der Waals surface area (Å²) in [6, 6.07) is 36.0. The number of hydrogen-bond donors (Lipinski definition) is 0. The number of allylic oxidation sites excluding steroid dienone is 4. The Kier molecular flexibility index (Phi) is 7.60. The summed E-state index contributed by atoms with van der Waals surface area (Å²) in [5.74, 6) is 0.646. The van der Waals surface area contributed by atoms with Gasteiger partial charge in [-0.3, -0.25) is 9.59 Å². The molecule has 0 fully saturated rings. The van der Waals surface area contributed by atoms with Crippen LogP contribution in [-0.2, 0) is 6.42 Å². The van der Waals surface area contributed by atoms with E-state index in [1.54, 1.807) is 0 Å². The summed E-state index contributed by atoms with van der Waals surface area (Å²) in [5, 5.41) is 0. The first kappa shape index (κ1) is 25.4. The molecule has 4 aromatic rings. The Morgan fingerprint density at radius 3 is 2.05 bits per heavy atom. The highest BCUT2D eigenvalue weighted by molar-refractivity contribution is 5.99. The molecule has 5 rings (SSSR count). The predicted molar refractivity (Wildman–Crippen MR) is 155 cm³/mol. The van der Waals surface area contributed by atoms with Crippen LogP contribution in [-0.4, -0.2) is 11.6 Å². The van der Waals surface area contributed by atoms with Crippen LogP contribution in [0.3, 0.4) is 0 Å². The molecule has 0 spiro atoms. The van der Waals surface area contributed by atoms with E-state index in [1.165, 1.54) is 5.56 Å². The van der Waals surface area contributed by atoms with Gasteiger partial charge in [0.05, 0.1) is 0 Å². The monoisotopic (exact) mass is 496 g/mol. The topological polar surface area (TPSA) is 34.1 Å². The van der Waals surface area contributed by atoms with Crippen LogP contribution in [0.1, 0.15) is 69.2 Å². The van der Waals surface area contributed by atoms with E-state index in [9.17, 15) is 9.59 Å². The van der Waals surface area contributed by atoms with Gasteiger partial charge in [0.15, 0.2) is 11.6 Å². The summed E-state index contributed by atoms with van der Waals surface area (Å²) in [5.41, 5.74) is 8.18. The molecule has 0 saturated carbocycles. The maximum atomic E-state index is 13.4. The lowest BCUT2D eigenvalue weighted by molar-refractivity contribution is 0.0983. The summed E-state index contributed by atoms with van der Waals surface area (Å²) in [6.45, 7) is 4.29. The Bertz CT molecular complexity index is 1490. The van der Waals surface area contributed by atoms with Crippen molar-refractivity contribution in [1.82, 2.24) is 0 Å². The van der Waals surface area contributed by atoms with E-state index in [0.29, 0.717) is 12.8 Å². The molecule has 188 valence electrons. The van der Waals surface area contributed by atoms with Crippen molar-refractivity contribution < 1.29 is 9.59 Å². The van der Waals surface area contributed by atoms with Gasteiger partial charge in [-0.2, -0.15) is 0 Å². The second-order valence-corrected chi connectivity index (χ2v) is 10.1. The summed E-state index contributed by atoms with van der Waals surface area (Å²) in [6.07, 6.45) is 5.15. The standard InChI is InChI=1S/C36H32O2/c1-25-21-32(23-31(25)24-35(37)30-13-7-4-8-14-30)29-19-17-27(18-20-29)22-36(38)34-16-10-9-15-33(34)26(2)28-11-5-3-6-12-28/h3-21,23,25-26H,22,24H2,1-2H3. The molecule has 1 aliphatic rings. The molecule has 2 atom stereocenters. The second-order valence-electron chi connectivity index (χ2n) is 10.1. The smallest absolute Gasteiger partial charge is 0.167 e. The summed E-state index contributed by atoms with van der Waals surface area (Å²) >= 11 is 0. The van der Waals surface area contributed by atoms with Gasteiger partial charge in [0.2, 0.25) is 0 Å². The van der Waals surface area contributed by atoms with E-state index in [2.05, 4.69) is 56.3 Å². The zero-order chi connectivity index (χ0) is 26.5. The minimum atomic E-state index is 0.131. The van der Waals surface area contributed by atoms with Crippen LogP contribution in [0.25, 0.3) is 5.57 Å². The summed E-state index contributed by atoms with van der Waals surface area (Å²) < 4.78 is 0. The zero-order valence-electron chi connectivity index (χ0n) is 21.9. The van der Waals surface area contributed by atoms with E-state index < -0.39 is 0 Å². The van der Waals surface area contributed by atoms with E-state index in [1.807, 2.05) is 78.9 Å². The maximum Gasteiger partial charge on any atom is 0.167 e. The second kappa shape index (κ2) is 11.4. The molecule has 2 heteroatoms. The molecule has 0 N–H and O–H groups in total. The quantitative estimate of drug-likeness (QED) is 0.218. The van der Waals surface area contributed by atoms with Gasteiger partial charge >= 0.3 is 0 Å². The molecular weight excluding hydrogens is 464 g/mol. The van der Waals surface area contributed by atoms with Crippen molar-refractivity contribution in [3.8, 4) is 0 Å². The Hall–Kier alpha value is -4.30. The van der Waals surface area contributed by atoms with Gasteiger partial charge in [0.25, 0.3) is 0 Å². The van der Waals surface area contributed by atoms with Crippen LogP contribution in [0.5, 0.6) is 0 Å². The van der Waals surface area contributed by atoms with Gasteiger partial charge in [0, 0.05) is 29.9 Å². The Morgan fingerprint density at radius 2 is 1.34 bits per heavy atom. The SMILES string of the molecule is CC1C=C(c2ccc(CC(=O)c3ccccc3C(C)c3ccccc3)cc2)C=C1CC(=O)c1ccccc1. The molecule has 2 nitrogen and oxygen atoms in total. The number of ketones is 2. The van der Waals surface area contributed by atoms with Crippen molar-refractivity contribution in [2.45, 2.75) is 32.6 Å². The van der Waals surface area contributed by atoms with Gasteiger partial charge in [0.1, 0.15) is 0 Å². The number of carbonyl (C=O) groups excluding carboxylic acids is 2. The van der Waals surface area contributed by atoms with Crippen molar-refractivity contribution in [2.75, 3.05) is 0 Å². The van der Waals surface area contributed by atoms with Gasteiger partial charge in [-0.15, -0.1) is 0 Å². The van der Waals surface area contributed by atoms with E-state index >= 15 is 0 Å². The molecular formula is C36H32O2. The van der Waals surface area contributed by atoms with Gasteiger partial charge < -0.3 is 0 Å². The fourth-order valence-electron chi connectivity index (χ4n) is 5.20. The van der Waals surface area contributed by atoms with Crippen molar-refractivity contribution in [3.05, 3.63) is 160 Å². The lowest BCUT2D eigenvalue weighted by Crippen LogP contribution is -2.09. The fraction of sp³-hybridized carbons (Fsp3) is 0.167. The third-order valence-electron chi connectivity index (χ3n) is 7.49. The molecule has 0 heterocycles. The first-order chi connectivity index (χ1) is 18.5. The average Bonchev–Trinajstić information content (AvgIpc) is 3.33. The molecule has 0 aromatic heterocycles. The van der Waals surface area contributed by atoms with Gasteiger partial charge in [-0.1, -0.05) is 141 Å². The van der Waals surface area contributed by atoms with Crippen LogP contribution in [0.4, 0.5) is 0 Å². The molecule has 1 aliphatic carbocycles. The Balaban J connectivity index is 1.28. The highest BCUT2D eigenvalue weighted by Gasteiger charge is 2.20. The van der Waals surface area contributed by atoms with Gasteiger partial charge in [-0.05, 0) is 33.7 Å². The highest BCUT2D eigenvalue weighted by Crippen LogP contribution is 2.33. The molecule has 38 heavy (non-hydrogen) atoms. The minimum Gasteiger partial charge on any atom is -0.294 e. The van der Waals surface area contributed by atoms with E-state index in [-0.39, 0.29) is 23.4 Å². The number of carbonyl (C=O) groups is 2. The first-order valence-electron chi connectivity index (χ1n) is 13.3. The normalized spacial score (nSPS) is 15.5. The molecule has 0 aliphatic heterocycles. The minimum absolute atomic E-state index is 0.131. The largest absolute Gasteiger partial charge is 0.294 e. The zero-order valence-corrected chi connectivity index (χ0v) is 21.9. The van der Waals surface area contributed by atoms with Crippen molar-refractivity contribution >= 4 is 17.1 Å². The van der Waals surface area contributed by atoms with Crippen molar-refractivity contribution in [3.63, 3.8) is 0 Å². The molecule has 0 radical (unpaired) electrons. The van der Waals surface area contributed by atoms with Crippen LogP contribution >= 0.6 is 0 Å². The fourth-order valence-corrected chi connectivity index (χ4v) is 5.20. The summed E-state index contributed by atoms with van der Waals surface area (Å²) in [7, 11) is 0. The highest BCUT2D eigenvalue weighted by atomic mass is 16.1. The Labute approximate surface area is 225 Å². The summed E-state index contributed by atoms with van der Waals surface area (Å²) in [4.78, 5) is 26.1. The van der Waals surface area contributed by atoms with Crippen LogP contribution in [0, 0.1) is 5.92 Å².